The highest BCUT2D eigenvalue weighted by Crippen LogP contribution is 2.21. The Kier molecular flexibility index (Phi) is 7.19. The van der Waals surface area contributed by atoms with Gasteiger partial charge in [0.25, 0.3) is 0 Å². The van der Waals surface area contributed by atoms with Gasteiger partial charge >= 0.3 is 5.97 Å². The third-order valence-corrected chi connectivity index (χ3v) is 6.50. The second kappa shape index (κ2) is 8.99. The van der Waals surface area contributed by atoms with Gasteiger partial charge in [-0.1, -0.05) is 0 Å². The molecule has 0 bridgehead atoms. The van der Waals surface area contributed by atoms with Gasteiger partial charge < -0.3 is 14.5 Å². The number of H-pyrrole nitrogens is 1. The summed E-state index contributed by atoms with van der Waals surface area (Å²) in [6, 6.07) is 0. The predicted molar refractivity (Wildman–Crippen MR) is 101 cm³/mol. The van der Waals surface area contributed by atoms with Crippen molar-refractivity contribution in [3.8, 4) is 0 Å². The van der Waals surface area contributed by atoms with Crippen LogP contribution in [0.5, 0.6) is 0 Å². The third-order valence-electron chi connectivity index (χ3n) is 4.71. The largest absolute Gasteiger partial charge is 0.461 e. The number of nitrogens with one attached hydrogen (secondary N) is 1. The molecule has 8 nitrogen and oxygen atoms in total. The van der Waals surface area contributed by atoms with Crippen LogP contribution in [-0.2, 0) is 19.5 Å². The van der Waals surface area contributed by atoms with Crippen molar-refractivity contribution in [2.75, 3.05) is 32.1 Å². The number of sulfonamides is 1. The van der Waals surface area contributed by atoms with Crippen molar-refractivity contribution in [1.82, 2.24) is 9.29 Å². The van der Waals surface area contributed by atoms with Crippen molar-refractivity contribution in [2.24, 2.45) is 0 Å². The van der Waals surface area contributed by atoms with Crippen molar-refractivity contribution in [3.63, 3.8) is 0 Å². The van der Waals surface area contributed by atoms with E-state index in [4.69, 9.17) is 9.47 Å². The SMILES string of the molecule is CCOC(=O)c1[nH]c(C)c(C(=O)CN(CC2CCCO2)S(=O)(=O)CC)c1C. The average molecular weight is 400 g/mol. The Morgan fingerprint density at radius 2 is 2.00 bits per heavy atom. The molecule has 1 aromatic rings. The minimum atomic E-state index is -3.56. The Morgan fingerprint density at radius 3 is 2.56 bits per heavy atom. The summed E-state index contributed by atoms with van der Waals surface area (Å²) in [5.74, 6) is -0.979. The van der Waals surface area contributed by atoms with Crippen LogP contribution < -0.4 is 0 Å². The zero-order valence-corrected chi connectivity index (χ0v) is 17.1. The van der Waals surface area contributed by atoms with Gasteiger partial charge in [-0.2, -0.15) is 4.31 Å². The molecule has 2 rings (SSSR count). The minimum absolute atomic E-state index is 0.0911. The van der Waals surface area contributed by atoms with E-state index in [1.165, 1.54) is 4.31 Å². The number of aromatic amines is 1. The van der Waals surface area contributed by atoms with Crippen LogP contribution in [0.2, 0.25) is 0 Å². The van der Waals surface area contributed by atoms with E-state index in [1.54, 1.807) is 27.7 Å². The van der Waals surface area contributed by atoms with E-state index in [-0.39, 0.29) is 43.0 Å². The molecule has 152 valence electrons. The first-order valence-electron chi connectivity index (χ1n) is 9.20. The van der Waals surface area contributed by atoms with E-state index in [2.05, 4.69) is 4.98 Å². The molecule has 1 N–H and O–H groups in total. The number of hydrogen-bond donors (Lipinski definition) is 1. The van der Waals surface area contributed by atoms with Gasteiger partial charge in [-0.05, 0) is 46.1 Å². The van der Waals surface area contributed by atoms with Crippen molar-refractivity contribution in [2.45, 2.75) is 46.6 Å². The summed E-state index contributed by atoms with van der Waals surface area (Å²) in [7, 11) is -3.56. The molecule has 1 aliphatic rings. The highest BCUT2D eigenvalue weighted by Gasteiger charge is 2.30. The first-order chi connectivity index (χ1) is 12.7. The van der Waals surface area contributed by atoms with Gasteiger partial charge in [0.15, 0.2) is 5.78 Å². The van der Waals surface area contributed by atoms with Gasteiger partial charge in [0.2, 0.25) is 10.0 Å². The fraction of sp³-hybridized carbons (Fsp3) is 0.667. The summed E-state index contributed by atoms with van der Waals surface area (Å²) in [6.07, 6.45) is 1.47. The molecule has 1 aliphatic heterocycles. The van der Waals surface area contributed by atoms with Crippen LogP contribution in [0.4, 0.5) is 0 Å². The number of ketones is 1. The number of esters is 1. The first-order valence-corrected chi connectivity index (χ1v) is 10.8. The molecule has 1 saturated heterocycles. The molecular formula is C18H28N2O6S. The molecule has 0 radical (unpaired) electrons. The maximum absolute atomic E-state index is 12.9. The Bertz CT molecular complexity index is 793. The van der Waals surface area contributed by atoms with Crippen LogP contribution in [0.15, 0.2) is 0 Å². The number of rotatable bonds is 9. The number of aryl methyl sites for hydroxylation is 1. The number of carbonyl (C=O) groups excluding carboxylic acids is 2. The van der Waals surface area contributed by atoms with Gasteiger partial charge in [-0.15, -0.1) is 0 Å². The van der Waals surface area contributed by atoms with Crippen molar-refractivity contribution < 1.29 is 27.5 Å². The standard InChI is InChI=1S/C18H28N2O6S/c1-5-25-18(22)17-12(3)16(13(4)19-17)15(21)11-20(27(23,24)6-2)10-14-8-7-9-26-14/h14,19H,5-11H2,1-4H3. The monoisotopic (exact) mass is 400 g/mol. The Hall–Kier alpha value is -1.71. The molecule has 0 amide bonds. The molecule has 1 atom stereocenters. The van der Waals surface area contributed by atoms with Crippen LogP contribution in [-0.4, -0.2) is 67.6 Å². The zero-order chi connectivity index (χ0) is 20.2. The minimum Gasteiger partial charge on any atom is -0.461 e. The molecule has 1 fully saturated rings. The molecule has 0 aliphatic carbocycles. The number of aromatic nitrogens is 1. The number of carbonyl (C=O) groups is 2. The van der Waals surface area contributed by atoms with Crippen LogP contribution in [0.1, 0.15) is 58.8 Å². The van der Waals surface area contributed by atoms with Gasteiger partial charge in [-0.25, -0.2) is 13.2 Å². The molecule has 0 spiro atoms. The van der Waals surface area contributed by atoms with Crippen molar-refractivity contribution in [3.05, 3.63) is 22.5 Å². The number of nitrogens with zero attached hydrogens (tertiary/aromatic N) is 1. The summed E-state index contributed by atoms with van der Waals surface area (Å²) in [6.45, 7) is 7.30. The smallest absolute Gasteiger partial charge is 0.355 e. The molecule has 27 heavy (non-hydrogen) atoms. The molecule has 2 heterocycles. The van der Waals surface area contributed by atoms with Gasteiger partial charge in [0.05, 0.1) is 25.0 Å². The van der Waals surface area contributed by atoms with E-state index in [1.807, 2.05) is 0 Å². The zero-order valence-electron chi connectivity index (χ0n) is 16.3. The van der Waals surface area contributed by atoms with E-state index in [9.17, 15) is 18.0 Å². The number of Topliss-reactive ketones (excluding diaryl/α,β-unsaturated/α-hetero) is 1. The van der Waals surface area contributed by atoms with E-state index in [0.717, 1.165) is 12.8 Å². The summed E-state index contributed by atoms with van der Waals surface area (Å²) in [4.78, 5) is 27.8. The van der Waals surface area contributed by atoms with Crippen LogP contribution >= 0.6 is 0 Å². The van der Waals surface area contributed by atoms with Crippen molar-refractivity contribution >= 4 is 21.8 Å². The maximum Gasteiger partial charge on any atom is 0.355 e. The highest BCUT2D eigenvalue weighted by atomic mass is 32.2. The quantitative estimate of drug-likeness (QED) is 0.501. The lowest BCUT2D eigenvalue weighted by molar-refractivity contribution is 0.0519. The third kappa shape index (κ3) is 4.97. The summed E-state index contributed by atoms with van der Waals surface area (Å²) >= 11 is 0. The first kappa shape index (κ1) is 21.6. The lowest BCUT2D eigenvalue weighted by atomic mass is 10.1. The summed E-state index contributed by atoms with van der Waals surface area (Å²) in [5.41, 5.74) is 1.55. The van der Waals surface area contributed by atoms with E-state index < -0.39 is 16.0 Å². The second-order valence-corrected chi connectivity index (χ2v) is 8.85. The normalized spacial score (nSPS) is 17.4. The van der Waals surface area contributed by atoms with E-state index in [0.29, 0.717) is 23.4 Å². The van der Waals surface area contributed by atoms with Gasteiger partial charge in [0, 0.05) is 24.4 Å². The average Bonchev–Trinajstić information content (AvgIpc) is 3.22. The fourth-order valence-corrected chi connectivity index (χ4v) is 4.36. The molecule has 0 saturated carbocycles. The van der Waals surface area contributed by atoms with E-state index >= 15 is 0 Å². The Labute approximate surface area is 160 Å². The number of ether oxygens (including phenoxy) is 2. The molecule has 1 unspecified atom stereocenters. The second-order valence-electron chi connectivity index (χ2n) is 6.60. The topological polar surface area (TPSA) is 106 Å². The van der Waals surface area contributed by atoms with Gasteiger partial charge in [0.1, 0.15) is 5.69 Å². The fourth-order valence-electron chi connectivity index (χ4n) is 3.29. The van der Waals surface area contributed by atoms with Crippen LogP contribution in [0.25, 0.3) is 0 Å². The van der Waals surface area contributed by atoms with Crippen LogP contribution in [0.3, 0.4) is 0 Å². The van der Waals surface area contributed by atoms with Crippen molar-refractivity contribution in [1.29, 1.82) is 0 Å². The van der Waals surface area contributed by atoms with Crippen LogP contribution in [0, 0.1) is 13.8 Å². The highest BCUT2D eigenvalue weighted by molar-refractivity contribution is 7.89. The molecule has 1 aromatic heterocycles. The summed E-state index contributed by atoms with van der Waals surface area (Å²) in [5, 5.41) is 0. The molecular weight excluding hydrogens is 372 g/mol. The molecule has 0 aromatic carbocycles. The Morgan fingerprint density at radius 1 is 1.30 bits per heavy atom. The Balaban J connectivity index is 2.25. The lowest BCUT2D eigenvalue weighted by Gasteiger charge is -2.23. The molecule has 9 heteroatoms. The maximum atomic E-state index is 12.9. The number of hydrogen-bond acceptors (Lipinski definition) is 6. The lowest BCUT2D eigenvalue weighted by Crippen LogP contribution is -2.41. The summed E-state index contributed by atoms with van der Waals surface area (Å²) < 4.78 is 36.6. The predicted octanol–water partition coefficient (Wildman–Crippen LogP) is 1.82. The van der Waals surface area contributed by atoms with Gasteiger partial charge in [-0.3, -0.25) is 4.79 Å².